The number of aliphatic hydroxyl groups is 2. The lowest BCUT2D eigenvalue weighted by Gasteiger charge is -2.22. The molecule has 0 spiro atoms. The van der Waals surface area contributed by atoms with Crippen LogP contribution in [0.5, 0.6) is 46.0 Å². The molecule has 0 aliphatic carbocycles. The number of fused-ring (bicyclic) bond motifs is 3. The average Bonchev–Trinajstić information content (AvgIpc) is 4.10. The summed E-state index contributed by atoms with van der Waals surface area (Å²) >= 11 is 5.94. The van der Waals surface area contributed by atoms with Crippen molar-refractivity contribution in [1.29, 1.82) is 0 Å². The van der Waals surface area contributed by atoms with E-state index in [9.17, 15) is 19.5 Å². The summed E-state index contributed by atoms with van der Waals surface area (Å²) in [6.45, 7) is 13.8. The first-order valence-corrected chi connectivity index (χ1v) is 22.4. The molecule has 18 nitrogen and oxygen atoms in total. The molecule has 4 aromatic rings. The summed E-state index contributed by atoms with van der Waals surface area (Å²) in [5, 5.41) is 46.7. The van der Waals surface area contributed by atoms with Crippen molar-refractivity contribution >= 4 is 63.6 Å². The maximum Gasteiger partial charge on any atom is 0.407 e. The number of amides is 2. The number of hydrogen-bond acceptors (Lipinski definition) is 20. The van der Waals surface area contributed by atoms with Crippen LogP contribution in [-0.2, 0) is 14.3 Å². The van der Waals surface area contributed by atoms with Gasteiger partial charge in [-0.3, -0.25) is 0 Å². The highest BCUT2D eigenvalue weighted by Gasteiger charge is 2.22. The second-order valence-electron chi connectivity index (χ2n) is 12.0. The minimum absolute atomic E-state index is 0.00921. The maximum atomic E-state index is 11.3. The Kier molecular flexibility index (Phi) is 24.7. The fourth-order valence-electron chi connectivity index (χ4n) is 4.27. The van der Waals surface area contributed by atoms with Gasteiger partial charge in [-0.15, -0.1) is 65.1 Å². The van der Waals surface area contributed by atoms with Gasteiger partial charge in [-0.2, -0.15) is 0 Å². The van der Waals surface area contributed by atoms with E-state index in [1.54, 1.807) is 22.9 Å². The summed E-state index contributed by atoms with van der Waals surface area (Å²) in [4.78, 5) is 34.7. The van der Waals surface area contributed by atoms with Crippen molar-refractivity contribution in [2.24, 2.45) is 4.99 Å². The number of aliphatic imine (C=N–C) groups is 1. The Morgan fingerprint density at radius 3 is 1.76 bits per heavy atom. The van der Waals surface area contributed by atoms with Crippen molar-refractivity contribution in [1.82, 2.24) is 10.6 Å². The van der Waals surface area contributed by atoms with E-state index in [4.69, 9.17) is 52.8 Å². The van der Waals surface area contributed by atoms with Crippen LogP contribution in [0.25, 0.3) is 0 Å². The average molecular weight is 940 g/mol. The molecular weight excluding hydrogens is 891 g/mol. The van der Waals surface area contributed by atoms with Crippen LogP contribution in [-0.4, -0.2) is 124 Å². The number of aromatic hydroxyl groups is 1. The van der Waals surface area contributed by atoms with E-state index in [0.717, 1.165) is 23.0 Å². The van der Waals surface area contributed by atoms with Gasteiger partial charge in [-0.05, 0) is 0 Å². The van der Waals surface area contributed by atoms with Gasteiger partial charge in [0.25, 0.3) is 0 Å². The molecule has 0 radical (unpaired) electrons. The van der Waals surface area contributed by atoms with Crippen molar-refractivity contribution in [2.75, 3.05) is 72.5 Å². The SMILES string of the molecule is C=CCN=C=O.C=CCNC(=O)OC1COc2cscc2OC1.C=CCNC(=O)OCCCOc1cscc1O.OC1COc2cscc2OC1.OCC1COc2cscc2O1. The molecule has 0 bridgehead atoms. The summed E-state index contributed by atoms with van der Waals surface area (Å²) < 4.78 is 47.3. The predicted molar refractivity (Wildman–Crippen MR) is 235 cm³/mol. The minimum Gasteiger partial charge on any atom is -0.504 e. The third-order valence-electron chi connectivity index (χ3n) is 7.14. The Morgan fingerprint density at radius 2 is 1.26 bits per heavy atom. The molecule has 338 valence electrons. The highest BCUT2D eigenvalue weighted by Crippen LogP contribution is 2.36. The molecule has 4 aromatic heterocycles. The first kappa shape index (κ1) is 50.6. The third kappa shape index (κ3) is 19.8. The van der Waals surface area contributed by atoms with Crippen LogP contribution in [0.1, 0.15) is 6.42 Å². The monoisotopic (exact) mass is 939 g/mol. The first-order chi connectivity index (χ1) is 30.2. The van der Waals surface area contributed by atoms with Crippen LogP contribution in [0.4, 0.5) is 9.59 Å². The highest BCUT2D eigenvalue weighted by atomic mass is 32.1. The van der Waals surface area contributed by atoms with Gasteiger partial charge >= 0.3 is 12.2 Å². The number of thiophene rings is 4. The molecule has 0 fully saturated rings. The van der Waals surface area contributed by atoms with Crippen LogP contribution < -0.4 is 43.8 Å². The van der Waals surface area contributed by atoms with E-state index in [1.165, 1.54) is 57.5 Å². The molecule has 7 rings (SSSR count). The molecule has 0 saturated heterocycles. The van der Waals surface area contributed by atoms with Gasteiger partial charge in [0.05, 0.1) is 26.4 Å². The van der Waals surface area contributed by atoms with E-state index in [1.807, 2.05) is 32.3 Å². The van der Waals surface area contributed by atoms with Crippen molar-refractivity contribution in [3.8, 4) is 46.0 Å². The summed E-state index contributed by atoms with van der Waals surface area (Å²) in [6.07, 6.45) is 4.55. The smallest absolute Gasteiger partial charge is 0.407 e. The van der Waals surface area contributed by atoms with Gasteiger partial charge in [-0.25, -0.2) is 19.4 Å². The zero-order valence-corrected chi connectivity index (χ0v) is 36.8. The molecule has 0 saturated carbocycles. The number of carbonyl (C=O) groups excluding carboxylic acids is 3. The summed E-state index contributed by atoms with van der Waals surface area (Å²) in [7, 11) is 0. The molecule has 0 aromatic carbocycles. The number of hydrogen-bond donors (Lipinski definition) is 5. The van der Waals surface area contributed by atoms with Crippen molar-refractivity contribution in [2.45, 2.75) is 24.7 Å². The number of alkyl carbamates (subject to hydrolysis) is 2. The highest BCUT2D eigenvalue weighted by molar-refractivity contribution is 7.09. The van der Waals surface area contributed by atoms with Crippen LogP contribution in [0.3, 0.4) is 0 Å². The van der Waals surface area contributed by atoms with Crippen molar-refractivity contribution in [3.05, 3.63) is 81.0 Å². The van der Waals surface area contributed by atoms with Gasteiger partial charge in [0, 0.05) is 62.6 Å². The molecular formula is C40H49N3O15S4. The molecule has 1 unspecified atom stereocenters. The molecule has 2 amide bonds. The Balaban J connectivity index is 0.000000214. The number of nitrogens with zero attached hydrogens (tertiary/aromatic N) is 1. The van der Waals surface area contributed by atoms with Crippen LogP contribution >= 0.6 is 45.3 Å². The fourth-order valence-corrected chi connectivity index (χ4v) is 6.93. The van der Waals surface area contributed by atoms with Gasteiger partial charge in [0.15, 0.2) is 58.2 Å². The lowest BCUT2D eigenvalue weighted by molar-refractivity contribution is 0.0466. The minimum atomic E-state index is -0.507. The van der Waals surface area contributed by atoms with Crippen molar-refractivity contribution in [3.63, 3.8) is 0 Å². The number of aliphatic hydroxyl groups excluding tert-OH is 2. The lowest BCUT2D eigenvalue weighted by atomic mass is 10.3. The second kappa shape index (κ2) is 30.3. The molecule has 3 aliphatic rings. The fraction of sp³-hybridized carbons (Fsp3) is 0.375. The number of nitrogens with one attached hydrogen (secondary N) is 2. The van der Waals surface area contributed by atoms with Crippen LogP contribution in [0, 0.1) is 0 Å². The van der Waals surface area contributed by atoms with Crippen LogP contribution in [0.2, 0.25) is 0 Å². The normalized spacial score (nSPS) is 14.3. The molecule has 62 heavy (non-hydrogen) atoms. The topological polar surface area (TPSA) is 231 Å². The van der Waals surface area contributed by atoms with Gasteiger partial charge in [-0.1, -0.05) is 18.2 Å². The number of isocyanates is 1. The summed E-state index contributed by atoms with van der Waals surface area (Å²) in [6, 6.07) is 0. The third-order valence-corrected chi connectivity index (χ3v) is 9.95. The van der Waals surface area contributed by atoms with Gasteiger partial charge < -0.3 is 68.6 Å². The van der Waals surface area contributed by atoms with E-state index in [-0.39, 0.29) is 25.1 Å². The standard InChI is InChI=1S/C11H13NO4S.C11H15NO4S.2C7H8O3S.C4H5NO/c1-2-3-12-11(13)16-8-4-14-9-6-17-7-10(9)15-5-8;1-2-4-12-11(14)16-6-3-5-15-10-8-17-7-9(10)13;8-5-1-9-6-3-11-4-7(6)10-2-5;8-1-5-2-9-6-3-11-4-7(6)10-5;1-2-3-5-4-6/h2,6-8H,1,3-5H2,(H,12,13);2,7-8,13H,1,3-6H2,(H,12,14);2*3-5,8H,1-2H2;2H,1,3H2. The largest absolute Gasteiger partial charge is 0.504 e. The molecule has 7 heterocycles. The Morgan fingerprint density at radius 1 is 0.742 bits per heavy atom. The number of ether oxygens (including phenoxy) is 9. The molecule has 5 N–H and O–H groups in total. The van der Waals surface area contributed by atoms with E-state index >= 15 is 0 Å². The summed E-state index contributed by atoms with van der Waals surface area (Å²) in [5.41, 5.74) is 0. The summed E-state index contributed by atoms with van der Waals surface area (Å²) in [5.74, 6) is 5.03. The maximum absolute atomic E-state index is 11.3. The molecule has 3 aliphatic heterocycles. The molecule has 22 heteroatoms. The Bertz CT molecular complexity index is 1900. The quantitative estimate of drug-likeness (QED) is 0.0435. The van der Waals surface area contributed by atoms with Crippen LogP contribution in [0.15, 0.2) is 86.0 Å². The van der Waals surface area contributed by atoms with E-state index in [2.05, 4.69) is 35.4 Å². The predicted octanol–water partition coefficient (Wildman–Crippen LogP) is 6.20. The first-order valence-electron chi connectivity index (χ1n) is 18.6. The van der Waals surface area contributed by atoms with Crippen molar-refractivity contribution < 1.29 is 72.3 Å². The number of carbonyl (C=O) groups is 2. The number of rotatable bonds is 13. The van der Waals surface area contributed by atoms with Gasteiger partial charge in [0.2, 0.25) is 6.08 Å². The molecule has 1 atom stereocenters. The zero-order chi connectivity index (χ0) is 44.8. The Labute approximate surface area is 374 Å². The zero-order valence-electron chi connectivity index (χ0n) is 33.5. The second-order valence-corrected chi connectivity index (χ2v) is 15.0. The van der Waals surface area contributed by atoms with E-state index in [0.29, 0.717) is 82.9 Å². The van der Waals surface area contributed by atoms with Gasteiger partial charge in [0.1, 0.15) is 39.1 Å². The lowest BCUT2D eigenvalue weighted by Crippen LogP contribution is -2.34. The van der Waals surface area contributed by atoms with E-state index < -0.39 is 24.4 Å². The Hall–Kier alpha value is -5.74.